The van der Waals surface area contributed by atoms with Crippen molar-refractivity contribution in [2.24, 2.45) is 0 Å². The van der Waals surface area contributed by atoms with E-state index in [4.69, 9.17) is 15.0 Å². The maximum atomic E-state index is 5.02. The molecule has 4 nitrogen and oxygen atoms in total. The zero-order valence-corrected chi connectivity index (χ0v) is 33.2. The smallest absolute Gasteiger partial charge is 0.164 e. The molecule has 0 N–H and O–H groups in total. The number of hydrogen-bond donors (Lipinski definition) is 0. The highest BCUT2D eigenvalue weighted by Crippen LogP contribution is 2.34. The molecule has 2 aromatic heterocycles. The van der Waals surface area contributed by atoms with Crippen LogP contribution in [0.15, 0.2) is 231 Å². The minimum Gasteiger partial charge on any atom is -0.309 e. The third kappa shape index (κ3) is 6.96. The molecule has 0 aliphatic heterocycles. The van der Waals surface area contributed by atoms with E-state index in [1.807, 2.05) is 36.4 Å². The molecule has 0 saturated heterocycles. The summed E-state index contributed by atoms with van der Waals surface area (Å²) < 4.78 is 2.36. The van der Waals surface area contributed by atoms with Crippen molar-refractivity contribution in [3.8, 4) is 84.4 Å². The van der Waals surface area contributed by atoms with Crippen molar-refractivity contribution in [2.75, 3.05) is 0 Å². The van der Waals surface area contributed by atoms with Gasteiger partial charge >= 0.3 is 0 Å². The third-order valence-corrected chi connectivity index (χ3v) is 11.5. The van der Waals surface area contributed by atoms with Gasteiger partial charge in [0.25, 0.3) is 0 Å². The first kappa shape index (κ1) is 35.9. The topological polar surface area (TPSA) is 43.6 Å². The van der Waals surface area contributed by atoms with Gasteiger partial charge in [0, 0.05) is 33.2 Å². The molecular weight excluding hydrogens is 741 g/mol. The van der Waals surface area contributed by atoms with Crippen LogP contribution in [0.4, 0.5) is 0 Å². The largest absolute Gasteiger partial charge is 0.309 e. The Labute approximate surface area is 354 Å². The van der Waals surface area contributed by atoms with Crippen molar-refractivity contribution in [3.63, 3.8) is 0 Å². The lowest BCUT2D eigenvalue weighted by molar-refractivity contribution is 1.07. The average molecular weight is 779 g/mol. The number of nitrogens with zero attached hydrogens (tertiary/aromatic N) is 4. The first-order valence-electron chi connectivity index (χ1n) is 20.6. The standard InChI is InChI=1S/C57H38N4/c1-3-12-39(13-4-1)48-16-11-17-49(38-48)57-59-55(46-14-5-2-6-15-46)58-56(60-57)47-32-30-44(31-33-47)42-24-22-40(23-25-42)41-26-28-43(29-27-41)45-34-36-50(37-35-45)61-53-20-9-7-18-51(53)52-19-8-10-21-54(52)61/h1-38H. The van der Waals surface area contributed by atoms with Gasteiger partial charge in [0.1, 0.15) is 0 Å². The van der Waals surface area contributed by atoms with Gasteiger partial charge in [0.15, 0.2) is 17.5 Å². The van der Waals surface area contributed by atoms with Gasteiger partial charge < -0.3 is 4.57 Å². The van der Waals surface area contributed by atoms with Crippen LogP contribution in [0.25, 0.3) is 106 Å². The van der Waals surface area contributed by atoms with Gasteiger partial charge in [0.2, 0.25) is 0 Å². The van der Waals surface area contributed by atoms with E-state index in [9.17, 15) is 0 Å². The number of rotatable bonds is 8. The van der Waals surface area contributed by atoms with E-state index in [1.54, 1.807) is 0 Å². The minimum atomic E-state index is 0.637. The van der Waals surface area contributed by atoms with Gasteiger partial charge in [-0.3, -0.25) is 0 Å². The van der Waals surface area contributed by atoms with Crippen molar-refractivity contribution in [3.05, 3.63) is 231 Å². The SMILES string of the molecule is c1ccc(-c2cccc(-c3nc(-c4ccccc4)nc(-c4ccc(-c5ccc(-c6ccc(-c7ccc(-n8c9ccccc9c9ccccc98)cc7)cc6)cc5)cc4)n3)c2)cc1. The Morgan fingerprint density at radius 1 is 0.230 bits per heavy atom. The fourth-order valence-electron chi connectivity index (χ4n) is 8.34. The summed E-state index contributed by atoms with van der Waals surface area (Å²) in [7, 11) is 0. The van der Waals surface area contributed by atoms with E-state index in [-0.39, 0.29) is 0 Å². The molecule has 0 amide bonds. The fourth-order valence-corrected chi connectivity index (χ4v) is 8.34. The molecule has 0 saturated carbocycles. The van der Waals surface area contributed by atoms with Gasteiger partial charge in [-0.2, -0.15) is 0 Å². The first-order valence-corrected chi connectivity index (χ1v) is 20.6. The molecule has 0 aliphatic carbocycles. The Morgan fingerprint density at radius 3 is 1.02 bits per heavy atom. The van der Waals surface area contributed by atoms with Gasteiger partial charge in [0.05, 0.1) is 11.0 Å². The van der Waals surface area contributed by atoms with Gasteiger partial charge in [-0.1, -0.05) is 200 Å². The molecule has 0 atom stereocenters. The highest BCUT2D eigenvalue weighted by Gasteiger charge is 2.15. The third-order valence-electron chi connectivity index (χ3n) is 11.5. The van der Waals surface area contributed by atoms with Crippen LogP contribution in [-0.2, 0) is 0 Å². The lowest BCUT2D eigenvalue weighted by Gasteiger charge is -2.11. The van der Waals surface area contributed by atoms with Crippen molar-refractivity contribution in [1.82, 2.24) is 19.5 Å². The number of para-hydroxylation sites is 2. The molecule has 286 valence electrons. The quantitative estimate of drug-likeness (QED) is 0.154. The molecule has 0 radical (unpaired) electrons. The van der Waals surface area contributed by atoms with E-state index in [2.05, 4.69) is 199 Å². The number of benzene rings is 9. The summed E-state index contributed by atoms with van der Waals surface area (Å²) in [6, 6.07) is 81.2. The molecule has 2 heterocycles. The van der Waals surface area contributed by atoms with Crippen LogP contribution < -0.4 is 0 Å². The Morgan fingerprint density at radius 2 is 0.541 bits per heavy atom. The Kier molecular flexibility index (Phi) is 9.14. The molecule has 0 unspecified atom stereocenters. The highest BCUT2D eigenvalue weighted by atomic mass is 15.0. The predicted octanol–water partition coefficient (Wildman–Crippen LogP) is 14.6. The Balaban J connectivity index is 0.829. The summed E-state index contributed by atoms with van der Waals surface area (Å²) in [6.07, 6.45) is 0. The summed E-state index contributed by atoms with van der Waals surface area (Å²) in [5.74, 6) is 1.92. The van der Waals surface area contributed by atoms with E-state index in [1.165, 1.54) is 44.1 Å². The first-order chi connectivity index (χ1) is 30.2. The maximum Gasteiger partial charge on any atom is 0.164 e. The summed E-state index contributed by atoms with van der Waals surface area (Å²) >= 11 is 0. The summed E-state index contributed by atoms with van der Waals surface area (Å²) in [4.78, 5) is 14.9. The zero-order valence-electron chi connectivity index (χ0n) is 33.2. The molecule has 0 fully saturated rings. The zero-order chi connectivity index (χ0) is 40.5. The number of hydrogen-bond acceptors (Lipinski definition) is 3. The minimum absolute atomic E-state index is 0.637. The van der Waals surface area contributed by atoms with Gasteiger partial charge in [-0.15, -0.1) is 0 Å². The van der Waals surface area contributed by atoms with Crippen LogP contribution in [0.2, 0.25) is 0 Å². The van der Waals surface area contributed by atoms with Crippen LogP contribution in [0, 0.1) is 0 Å². The van der Waals surface area contributed by atoms with Crippen LogP contribution >= 0.6 is 0 Å². The molecule has 0 aliphatic rings. The molecule has 4 heteroatoms. The van der Waals surface area contributed by atoms with Crippen LogP contribution in [0.5, 0.6) is 0 Å². The lowest BCUT2D eigenvalue weighted by atomic mass is 9.97. The Bertz CT molecular complexity index is 3250. The van der Waals surface area contributed by atoms with E-state index >= 15 is 0 Å². The fraction of sp³-hybridized carbons (Fsp3) is 0. The van der Waals surface area contributed by atoms with E-state index in [0.717, 1.165) is 44.6 Å². The number of aromatic nitrogens is 4. The van der Waals surface area contributed by atoms with Crippen molar-refractivity contribution in [1.29, 1.82) is 0 Å². The summed E-state index contributed by atoms with van der Waals surface area (Å²) in [5, 5.41) is 2.54. The molecule has 61 heavy (non-hydrogen) atoms. The maximum absolute atomic E-state index is 5.02. The Hall–Kier alpha value is -8.21. The molecular formula is C57H38N4. The molecule has 0 bridgehead atoms. The van der Waals surface area contributed by atoms with Gasteiger partial charge in [-0.05, 0) is 74.8 Å². The van der Waals surface area contributed by atoms with Crippen LogP contribution in [0.3, 0.4) is 0 Å². The second-order valence-electron chi connectivity index (χ2n) is 15.3. The molecule has 11 aromatic rings. The monoisotopic (exact) mass is 778 g/mol. The predicted molar refractivity (Wildman–Crippen MR) is 252 cm³/mol. The van der Waals surface area contributed by atoms with Crippen LogP contribution in [0.1, 0.15) is 0 Å². The van der Waals surface area contributed by atoms with E-state index < -0.39 is 0 Å². The van der Waals surface area contributed by atoms with Gasteiger partial charge in [-0.25, -0.2) is 15.0 Å². The van der Waals surface area contributed by atoms with Crippen molar-refractivity contribution < 1.29 is 0 Å². The number of fused-ring (bicyclic) bond motifs is 3. The highest BCUT2D eigenvalue weighted by molar-refractivity contribution is 6.09. The normalized spacial score (nSPS) is 11.3. The lowest BCUT2D eigenvalue weighted by Crippen LogP contribution is -2.00. The molecule has 0 spiro atoms. The van der Waals surface area contributed by atoms with Crippen molar-refractivity contribution >= 4 is 21.8 Å². The average Bonchev–Trinajstić information content (AvgIpc) is 3.69. The van der Waals surface area contributed by atoms with Crippen molar-refractivity contribution in [2.45, 2.75) is 0 Å². The second kappa shape index (κ2) is 15.5. The summed E-state index contributed by atoms with van der Waals surface area (Å²) in [6.45, 7) is 0. The summed E-state index contributed by atoms with van der Waals surface area (Å²) in [5.41, 5.74) is 15.7. The van der Waals surface area contributed by atoms with E-state index in [0.29, 0.717) is 17.5 Å². The molecule has 11 rings (SSSR count). The van der Waals surface area contributed by atoms with Crippen LogP contribution in [-0.4, -0.2) is 19.5 Å². The second-order valence-corrected chi connectivity index (χ2v) is 15.3. The molecule has 9 aromatic carbocycles.